The Morgan fingerprint density at radius 2 is 2.00 bits per heavy atom. The van der Waals surface area contributed by atoms with Gasteiger partial charge in [-0.3, -0.25) is 4.98 Å². The van der Waals surface area contributed by atoms with Gasteiger partial charge in [0.05, 0.1) is 12.4 Å². The highest BCUT2D eigenvalue weighted by Crippen LogP contribution is 2.38. The van der Waals surface area contributed by atoms with Crippen LogP contribution in [0.2, 0.25) is 0 Å². The molecule has 90 valence electrons. The van der Waals surface area contributed by atoms with Crippen molar-refractivity contribution in [1.29, 1.82) is 0 Å². The Labute approximate surface area is 99.5 Å². The fourth-order valence-corrected chi connectivity index (χ4v) is 3.03. The van der Waals surface area contributed by atoms with Gasteiger partial charge in [0.1, 0.15) is 5.82 Å². The van der Waals surface area contributed by atoms with E-state index in [-0.39, 0.29) is 5.69 Å². The van der Waals surface area contributed by atoms with Gasteiger partial charge in [-0.2, -0.15) is 0 Å². The zero-order chi connectivity index (χ0) is 11.8. The maximum absolute atomic E-state index is 10.8. The lowest BCUT2D eigenvalue weighted by atomic mass is 10.0. The van der Waals surface area contributed by atoms with Crippen molar-refractivity contribution in [3.63, 3.8) is 0 Å². The second kappa shape index (κ2) is 3.98. The van der Waals surface area contributed by atoms with Crippen LogP contribution >= 0.6 is 0 Å². The van der Waals surface area contributed by atoms with E-state index in [2.05, 4.69) is 14.9 Å². The summed E-state index contributed by atoms with van der Waals surface area (Å²) in [5.74, 6) is 1.23. The van der Waals surface area contributed by atoms with Crippen LogP contribution in [0, 0.1) is 11.8 Å². The van der Waals surface area contributed by atoms with Crippen LogP contribution in [-0.4, -0.2) is 34.1 Å². The molecule has 1 saturated heterocycles. The lowest BCUT2D eigenvalue weighted by molar-refractivity contribution is 0.0690. The van der Waals surface area contributed by atoms with Crippen molar-refractivity contribution < 1.29 is 9.90 Å². The first-order valence-electron chi connectivity index (χ1n) is 6.04. The molecule has 0 radical (unpaired) electrons. The first-order valence-corrected chi connectivity index (χ1v) is 6.04. The molecule has 5 heteroatoms. The number of fused-ring (bicyclic) bond motifs is 1. The number of hydrogen-bond acceptors (Lipinski definition) is 4. The summed E-state index contributed by atoms with van der Waals surface area (Å²) < 4.78 is 0. The molecule has 0 amide bonds. The number of aromatic nitrogens is 2. The molecule has 3 rings (SSSR count). The topological polar surface area (TPSA) is 66.3 Å². The van der Waals surface area contributed by atoms with Gasteiger partial charge in [-0.25, -0.2) is 9.78 Å². The normalized spacial score (nSPS) is 27.2. The molecule has 5 nitrogen and oxygen atoms in total. The summed E-state index contributed by atoms with van der Waals surface area (Å²) in [5.41, 5.74) is 0.0274. The molecule has 1 aromatic heterocycles. The SMILES string of the molecule is O=C(O)c1cncc(N2C[C@H]3CCC[C@H]3C2)n1. The number of hydrogen-bond donors (Lipinski definition) is 1. The predicted molar refractivity (Wildman–Crippen MR) is 62.0 cm³/mol. The molecule has 0 spiro atoms. The summed E-state index contributed by atoms with van der Waals surface area (Å²) >= 11 is 0. The molecule has 1 aliphatic heterocycles. The second-order valence-electron chi connectivity index (χ2n) is 4.92. The summed E-state index contributed by atoms with van der Waals surface area (Å²) in [4.78, 5) is 21.1. The maximum atomic E-state index is 10.8. The van der Waals surface area contributed by atoms with E-state index in [0.29, 0.717) is 5.82 Å². The van der Waals surface area contributed by atoms with Crippen molar-refractivity contribution in [2.75, 3.05) is 18.0 Å². The van der Waals surface area contributed by atoms with Crippen LogP contribution < -0.4 is 4.90 Å². The first-order chi connectivity index (χ1) is 8.24. The molecule has 2 aliphatic rings. The van der Waals surface area contributed by atoms with E-state index in [9.17, 15) is 4.79 Å². The molecule has 2 heterocycles. The molecule has 1 N–H and O–H groups in total. The highest BCUT2D eigenvalue weighted by molar-refractivity contribution is 5.85. The van der Waals surface area contributed by atoms with Gasteiger partial charge in [-0.05, 0) is 24.7 Å². The summed E-state index contributed by atoms with van der Waals surface area (Å²) in [5, 5.41) is 8.89. The van der Waals surface area contributed by atoms with Crippen LogP contribution in [0.1, 0.15) is 29.8 Å². The summed E-state index contributed by atoms with van der Waals surface area (Å²) in [6.07, 6.45) is 6.89. The average Bonchev–Trinajstić information content (AvgIpc) is 2.89. The number of carboxylic acids is 1. The van der Waals surface area contributed by atoms with E-state index < -0.39 is 5.97 Å². The molecule has 0 bridgehead atoms. The van der Waals surface area contributed by atoms with Crippen molar-refractivity contribution in [1.82, 2.24) is 9.97 Å². The summed E-state index contributed by atoms with van der Waals surface area (Å²) in [6.45, 7) is 2.00. The number of rotatable bonds is 2. The lowest BCUT2D eigenvalue weighted by Crippen LogP contribution is -2.22. The maximum Gasteiger partial charge on any atom is 0.356 e. The van der Waals surface area contributed by atoms with Gasteiger partial charge in [0.25, 0.3) is 0 Å². The van der Waals surface area contributed by atoms with Gasteiger partial charge in [0.15, 0.2) is 5.69 Å². The Bertz CT molecular complexity index is 437. The minimum Gasteiger partial charge on any atom is -0.476 e. The van der Waals surface area contributed by atoms with Crippen LogP contribution in [-0.2, 0) is 0 Å². The number of nitrogens with zero attached hydrogens (tertiary/aromatic N) is 3. The van der Waals surface area contributed by atoms with E-state index >= 15 is 0 Å². The van der Waals surface area contributed by atoms with Gasteiger partial charge < -0.3 is 10.0 Å². The number of carbonyl (C=O) groups is 1. The van der Waals surface area contributed by atoms with Gasteiger partial charge in [0.2, 0.25) is 0 Å². The molecule has 17 heavy (non-hydrogen) atoms. The molecule has 2 atom stereocenters. The van der Waals surface area contributed by atoms with Crippen molar-refractivity contribution >= 4 is 11.8 Å². The first kappa shape index (κ1) is 10.5. The zero-order valence-electron chi connectivity index (χ0n) is 9.54. The fraction of sp³-hybridized carbons (Fsp3) is 0.583. The average molecular weight is 233 g/mol. The second-order valence-corrected chi connectivity index (χ2v) is 4.92. The van der Waals surface area contributed by atoms with Crippen molar-refractivity contribution in [3.8, 4) is 0 Å². The molecule has 1 aromatic rings. The van der Waals surface area contributed by atoms with Crippen LogP contribution in [0.5, 0.6) is 0 Å². The third-order valence-corrected chi connectivity index (χ3v) is 3.89. The molecule has 1 aliphatic carbocycles. The van der Waals surface area contributed by atoms with Crippen LogP contribution in [0.15, 0.2) is 12.4 Å². The van der Waals surface area contributed by atoms with Crippen molar-refractivity contribution in [3.05, 3.63) is 18.1 Å². The fourth-order valence-electron chi connectivity index (χ4n) is 3.03. The minimum absolute atomic E-state index is 0.0274. The quantitative estimate of drug-likeness (QED) is 0.836. The van der Waals surface area contributed by atoms with E-state index in [1.54, 1.807) is 6.20 Å². The van der Waals surface area contributed by atoms with Crippen LogP contribution in [0.25, 0.3) is 0 Å². The molecular weight excluding hydrogens is 218 g/mol. The monoisotopic (exact) mass is 233 g/mol. The molecule has 0 unspecified atom stereocenters. The summed E-state index contributed by atoms with van der Waals surface area (Å²) in [6, 6.07) is 0. The van der Waals surface area contributed by atoms with Crippen LogP contribution in [0.4, 0.5) is 5.82 Å². The Hall–Kier alpha value is -1.65. The van der Waals surface area contributed by atoms with Gasteiger partial charge in [-0.1, -0.05) is 6.42 Å². The van der Waals surface area contributed by atoms with E-state index in [4.69, 9.17) is 5.11 Å². The van der Waals surface area contributed by atoms with E-state index in [1.165, 1.54) is 25.5 Å². The number of carboxylic acid groups (broad SMARTS) is 1. The third-order valence-electron chi connectivity index (χ3n) is 3.89. The zero-order valence-corrected chi connectivity index (χ0v) is 9.54. The summed E-state index contributed by atoms with van der Waals surface area (Å²) in [7, 11) is 0. The van der Waals surface area contributed by atoms with Gasteiger partial charge >= 0.3 is 5.97 Å². The highest BCUT2D eigenvalue weighted by Gasteiger charge is 2.36. The minimum atomic E-state index is -1.02. The third kappa shape index (κ3) is 1.85. The Kier molecular flexibility index (Phi) is 2.46. The molecule has 0 aromatic carbocycles. The number of anilines is 1. The van der Waals surface area contributed by atoms with Gasteiger partial charge in [-0.15, -0.1) is 0 Å². The molecule has 2 fully saturated rings. The van der Waals surface area contributed by atoms with Crippen LogP contribution in [0.3, 0.4) is 0 Å². The number of aromatic carboxylic acids is 1. The highest BCUT2D eigenvalue weighted by atomic mass is 16.4. The largest absolute Gasteiger partial charge is 0.476 e. The van der Waals surface area contributed by atoms with E-state index in [1.807, 2.05) is 0 Å². The Morgan fingerprint density at radius 3 is 2.65 bits per heavy atom. The smallest absolute Gasteiger partial charge is 0.356 e. The van der Waals surface area contributed by atoms with Gasteiger partial charge in [0, 0.05) is 13.1 Å². The lowest BCUT2D eigenvalue weighted by Gasteiger charge is -2.17. The van der Waals surface area contributed by atoms with E-state index in [0.717, 1.165) is 24.9 Å². The molecule has 1 saturated carbocycles. The van der Waals surface area contributed by atoms with Crippen molar-refractivity contribution in [2.24, 2.45) is 11.8 Å². The Balaban J connectivity index is 1.81. The van der Waals surface area contributed by atoms with Crippen molar-refractivity contribution in [2.45, 2.75) is 19.3 Å². The Morgan fingerprint density at radius 1 is 1.29 bits per heavy atom. The molecular formula is C12H15N3O2. The standard InChI is InChI=1S/C12H15N3O2/c16-12(17)10-4-13-5-11(14-10)15-6-8-2-1-3-9(8)7-15/h4-5,8-9H,1-3,6-7H2,(H,16,17)/t8-,9+. The predicted octanol–water partition coefficient (Wildman–Crippen LogP) is 1.41.